The van der Waals surface area contributed by atoms with Crippen LogP contribution in [0.1, 0.15) is 6.92 Å². The van der Waals surface area contributed by atoms with Crippen LogP contribution < -0.4 is 15.8 Å². The Kier molecular flexibility index (Phi) is 6.03. The lowest BCUT2D eigenvalue weighted by atomic mass is 10.2. The molecule has 2 atom stereocenters. The van der Waals surface area contributed by atoms with E-state index in [1.807, 2.05) is 24.3 Å². The molecule has 2 fully saturated rings. The Labute approximate surface area is 158 Å². The monoisotopic (exact) mass is 402 g/mol. The van der Waals surface area contributed by atoms with Gasteiger partial charge in [-0.3, -0.25) is 10.2 Å². The van der Waals surface area contributed by atoms with Crippen molar-refractivity contribution in [3.8, 4) is 0 Å². The number of sulfonamides is 1. The molecule has 0 amide bonds. The first kappa shape index (κ1) is 19.4. The Morgan fingerprint density at radius 1 is 1.27 bits per heavy atom. The summed E-state index contributed by atoms with van der Waals surface area (Å²) in [6.45, 7) is 3.88. The molecule has 10 heteroatoms. The van der Waals surface area contributed by atoms with Crippen LogP contribution in [-0.4, -0.2) is 63.4 Å². The molecule has 1 aromatic carbocycles. The number of rotatable bonds is 5. The van der Waals surface area contributed by atoms with Gasteiger partial charge in [0.25, 0.3) is 0 Å². The molecule has 8 nitrogen and oxygen atoms in total. The van der Waals surface area contributed by atoms with Gasteiger partial charge in [0.15, 0.2) is 5.37 Å². The average Bonchev–Trinajstić information content (AvgIpc) is 3.13. The van der Waals surface area contributed by atoms with Gasteiger partial charge in [-0.25, -0.2) is 13.8 Å². The van der Waals surface area contributed by atoms with E-state index >= 15 is 0 Å². The van der Waals surface area contributed by atoms with Gasteiger partial charge in [-0.1, -0.05) is 23.7 Å². The first-order valence-electron chi connectivity index (χ1n) is 8.58. The lowest BCUT2D eigenvalue weighted by Crippen LogP contribution is -2.55. The second kappa shape index (κ2) is 8.10. The number of para-hydroxylation sites is 1. The fraction of sp³-hybridized carbons (Fsp3) is 0.562. The van der Waals surface area contributed by atoms with Gasteiger partial charge in [0, 0.05) is 32.7 Å². The number of piperazine rings is 1. The van der Waals surface area contributed by atoms with E-state index < -0.39 is 27.3 Å². The summed E-state index contributed by atoms with van der Waals surface area (Å²) in [6, 6.07) is 7.51. The van der Waals surface area contributed by atoms with E-state index in [0.29, 0.717) is 31.2 Å². The van der Waals surface area contributed by atoms with Crippen LogP contribution in [0.25, 0.3) is 0 Å². The first-order chi connectivity index (χ1) is 12.4. The third-order valence-corrected chi connectivity index (χ3v) is 7.13. The van der Waals surface area contributed by atoms with Crippen LogP contribution in [0.15, 0.2) is 24.3 Å². The van der Waals surface area contributed by atoms with Gasteiger partial charge in [-0.15, -0.1) is 0 Å². The highest BCUT2D eigenvalue weighted by atomic mass is 35.5. The summed E-state index contributed by atoms with van der Waals surface area (Å²) in [5, 5.41) is -0.374. The molecule has 2 aliphatic rings. The Morgan fingerprint density at radius 2 is 1.96 bits per heavy atom. The van der Waals surface area contributed by atoms with Crippen LogP contribution in [0, 0.1) is 5.92 Å². The quantitative estimate of drug-likeness (QED) is 0.689. The van der Waals surface area contributed by atoms with E-state index in [9.17, 15) is 13.2 Å². The molecular weight excluding hydrogens is 380 g/mol. The Bertz CT molecular complexity index is 752. The number of carbonyl (C=O) groups excluding carboxylic acids is 1. The molecule has 2 heterocycles. The number of carbonyl (C=O) groups is 1. The molecule has 0 saturated carbocycles. The number of nitrogens with zero attached hydrogens (tertiary/aromatic N) is 2. The number of anilines is 1. The number of ether oxygens (including phenoxy) is 1. The highest BCUT2D eigenvalue weighted by molar-refractivity contribution is 7.89. The minimum atomic E-state index is -3.69. The zero-order chi connectivity index (χ0) is 18.7. The second-order valence-corrected chi connectivity index (χ2v) is 8.65. The summed E-state index contributed by atoms with van der Waals surface area (Å²) in [7, 11) is -3.69. The summed E-state index contributed by atoms with van der Waals surface area (Å²) < 4.78 is 32.4. The fourth-order valence-corrected chi connectivity index (χ4v) is 5.37. The molecule has 3 rings (SSSR count). The van der Waals surface area contributed by atoms with Gasteiger partial charge >= 0.3 is 5.97 Å². The normalized spacial score (nSPS) is 24.6. The molecule has 0 bridgehead atoms. The van der Waals surface area contributed by atoms with Gasteiger partial charge in [0.2, 0.25) is 10.0 Å². The predicted molar refractivity (Wildman–Crippen MR) is 99.2 cm³/mol. The maximum atomic E-state index is 13.0. The zero-order valence-corrected chi connectivity index (χ0v) is 16.1. The lowest BCUT2D eigenvalue weighted by Gasteiger charge is -2.37. The topological polar surface area (TPSA) is 91.0 Å². The number of nitrogens with one attached hydrogen (secondary N) is 2. The maximum absolute atomic E-state index is 13.0. The molecule has 2 aliphatic heterocycles. The molecule has 1 aromatic rings. The molecule has 0 aliphatic carbocycles. The first-order valence-corrected chi connectivity index (χ1v) is 10.5. The summed E-state index contributed by atoms with van der Waals surface area (Å²) in [5.41, 5.74) is 6.38. The van der Waals surface area contributed by atoms with Crippen LogP contribution in [-0.2, 0) is 19.6 Å². The van der Waals surface area contributed by atoms with Crippen molar-refractivity contribution in [2.24, 2.45) is 5.92 Å². The van der Waals surface area contributed by atoms with Gasteiger partial charge in [0.1, 0.15) is 5.92 Å². The standard InChI is InChI=1S/C16H23ClN4O4S/c1-2-25-16(22)12-11-18-19-15(12)26(23,24)21-9-7-20(8-10-21)14-6-4-3-5-13(14)17/h3-6,12,15,18-19H,2,7-11H2,1H3. The molecule has 2 saturated heterocycles. The largest absolute Gasteiger partial charge is 0.466 e. The number of halogens is 1. The molecular formula is C16H23ClN4O4S. The summed E-state index contributed by atoms with van der Waals surface area (Å²) in [5.74, 6) is -1.27. The Balaban J connectivity index is 1.68. The minimum Gasteiger partial charge on any atom is -0.466 e. The van der Waals surface area contributed by atoms with Crippen molar-refractivity contribution < 1.29 is 17.9 Å². The predicted octanol–water partition coefficient (Wildman–Crippen LogP) is 0.405. The summed E-state index contributed by atoms with van der Waals surface area (Å²) in [4.78, 5) is 14.1. The lowest BCUT2D eigenvalue weighted by molar-refractivity contribution is -0.147. The highest BCUT2D eigenvalue weighted by Gasteiger charge is 2.45. The van der Waals surface area contributed by atoms with Crippen molar-refractivity contribution in [2.75, 3.05) is 44.2 Å². The number of hydrogen-bond donors (Lipinski definition) is 2. The third kappa shape index (κ3) is 3.81. The van der Waals surface area contributed by atoms with Crippen LogP contribution in [0.3, 0.4) is 0 Å². The Morgan fingerprint density at radius 3 is 2.62 bits per heavy atom. The second-order valence-electron chi connectivity index (χ2n) is 6.19. The number of hydrazine groups is 1. The van der Waals surface area contributed by atoms with E-state index in [0.717, 1.165) is 5.69 Å². The number of esters is 1. The number of hydrogen-bond acceptors (Lipinski definition) is 7. The molecule has 144 valence electrons. The van der Waals surface area contributed by atoms with Crippen molar-refractivity contribution in [3.63, 3.8) is 0 Å². The van der Waals surface area contributed by atoms with Gasteiger partial charge in [0.05, 0.1) is 17.3 Å². The molecule has 0 spiro atoms. The maximum Gasteiger partial charge on any atom is 0.313 e. The molecule has 2 N–H and O–H groups in total. The molecule has 2 unspecified atom stereocenters. The molecule has 0 radical (unpaired) electrons. The summed E-state index contributed by atoms with van der Waals surface area (Å²) >= 11 is 6.23. The van der Waals surface area contributed by atoms with Gasteiger partial charge < -0.3 is 9.64 Å². The van der Waals surface area contributed by atoms with Crippen molar-refractivity contribution in [3.05, 3.63) is 29.3 Å². The molecule has 0 aromatic heterocycles. The van der Waals surface area contributed by atoms with Crippen molar-refractivity contribution in [1.82, 2.24) is 15.2 Å². The molecule has 26 heavy (non-hydrogen) atoms. The van der Waals surface area contributed by atoms with E-state index in [1.54, 1.807) is 6.92 Å². The third-order valence-electron chi connectivity index (χ3n) is 4.63. The van der Waals surface area contributed by atoms with Crippen LogP contribution in [0.4, 0.5) is 5.69 Å². The summed E-state index contributed by atoms with van der Waals surface area (Å²) in [6.07, 6.45) is 0. The van der Waals surface area contributed by atoms with Crippen molar-refractivity contribution in [2.45, 2.75) is 12.3 Å². The van der Waals surface area contributed by atoms with Crippen molar-refractivity contribution >= 4 is 33.3 Å². The SMILES string of the molecule is CCOC(=O)C1CNNC1S(=O)(=O)N1CCN(c2ccccc2Cl)CC1. The number of benzene rings is 1. The van der Waals surface area contributed by atoms with E-state index in [1.165, 1.54) is 4.31 Å². The average molecular weight is 403 g/mol. The van der Waals surface area contributed by atoms with Crippen molar-refractivity contribution in [1.29, 1.82) is 0 Å². The minimum absolute atomic E-state index is 0.221. The van der Waals surface area contributed by atoms with E-state index in [-0.39, 0.29) is 13.2 Å². The fourth-order valence-electron chi connectivity index (χ4n) is 3.27. The van der Waals surface area contributed by atoms with Crippen LogP contribution >= 0.6 is 11.6 Å². The van der Waals surface area contributed by atoms with Gasteiger partial charge in [-0.05, 0) is 19.1 Å². The Hall–Kier alpha value is -1.39. The van der Waals surface area contributed by atoms with E-state index in [4.69, 9.17) is 16.3 Å². The zero-order valence-electron chi connectivity index (χ0n) is 14.5. The smallest absolute Gasteiger partial charge is 0.313 e. The highest BCUT2D eigenvalue weighted by Crippen LogP contribution is 2.27. The van der Waals surface area contributed by atoms with Gasteiger partial charge in [-0.2, -0.15) is 4.31 Å². The van der Waals surface area contributed by atoms with Crippen LogP contribution in [0.2, 0.25) is 5.02 Å². The van der Waals surface area contributed by atoms with Crippen LogP contribution in [0.5, 0.6) is 0 Å². The van der Waals surface area contributed by atoms with E-state index in [2.05, 4.69) is 15.8 Å².